The average molecular weight is 613 g/mol. The Bertz CT molecular complexity index is 1360. The number of benzene rings is 1. The summed E-state index contributed by atoms with van der Waals surface area (Å²) in [6.07, 6.45) is -6.52. The molecule has 1 saturated heterocycles. The third kappa shape index (κ3) is 6.74. The van der Waals surface area contributed by atoms with Gasteiger partial charge in [-0.25, -0.2) is 22.8 Å². The number of nitrogens with one attached hydrogen (secondary N) is 1. The third-order valence-corrected chi connectivity index (χ3v) is 8.25. The minimum atomic E-state index is -4.88. The number of carbonyl (C=O) groups excluding carboxylic acids is 1. The Labute approximate surface area is 217 Å². The summed E-state index contributed by atoms with van der Waals surface area (Å²) in [6.45, 7) is 0.918. The van der Waals surface area contributed by atoms with Crippen molar-refractivity contribution in [1.82, 2.24) is 4.98 Å². The molecule has 8 nitrogen and oxygen atoms in total. The molecule has 202 valence electrons. The summed E-state index contributed by atoms with van der Waals surface area (Å²) in [5, 5.41) is 11.3. The number of hydrogen-bond acceptors (Lipinski definition) is 5. The first-order valence-corrected chi connectivity index (χ1v) is 13.5. The highest BCUT2D eigenvalue weighted by Gasteiger charge is 2.40. The lowest BCUT2D eigenvalue weighted by Crippen LogP contribution is -2.31. The first-order chi connectivity index (χ1) is 17.0. The number of rotatable bonds is 4. The van der Waals surface area contributed by atoms with Crippen LogP contribution in [0.3, 0.4) is 0 Å². The van der Waals surface area contributed by atoms with Gasteiger partial charge in [0.15, 0.2) is 5.69 Å². The molecule has 37 heavy (non-hydrogen) atoms. The number of anilines is 2. The van der Waals surface area contributed by atoms with E-state index >= 15 is 0 Å². The highest BCUT2D eigenvalue weighted by atomic mass is 79.9. The molecule has 1 fully saturated rings. The van der Waals surface area contributed by atoms with Crippen molar-refractivity contribution in [3.63, 3.8) is 0 Å². The van der Waals surface area contributed by atoms with Gasteiger partial charge >= 0.3 is 12.3 Å². The van der Waals surface area contributed by atoms with Gasteiger partial charge < -0.3 is 15.3 Å². The van der Waals surface area contributed by atoms with Crippen molar-refractivity contribution in [2.24, 2.45) is 4.36 Å². The van der Waals surface area contributed by atoms with E-state index in [1.807, 2.05) is 0 Å². The number of carboxylic acid groups (broad SMARTS) is 1. The van der Waals surface area contributed by atoms with Crippen LogP contribution in [0.25, 0.3) is 0 Å². The van der Waals surface area contributed by atoms with Gasteiger partial charge in [-0.1, -0.05) is 6.07 Å². The molecule has 0 aliphatic carbocycles. The predicted octanol–water partition coefficient (Wildman–Crippen LogP) is 6.18. The Kier molecular flexibility index (Phi) is 8.17. The van der Waals surface area contributed by atoms with Crippen molar-refractivity contribution < 1.29 is 40.9 Å². The van der Waals surface area contributed by atoms with Gasteiger partial charge in [0, 0.05) is 42.8 Å². The molecule has 2 heterocycles. The summed E-state index contributed by atoms with van der Waals surface area (Å²) in [7, 11) is -3.36. The minimum absolute atomic E-state index is 0.00822. The first kappa shape index (κ1) is 28.8. The molecule has 15 heteroatoms. The third-order valence-electron chi connectivity index (χ3n) is 5.65. The van der Waals surface area contributed by atoms with E-state index in [-0.39, 0.29) is 47.0 Å². The fourth-order valence-electron chi connectivity index (χ4n) is 3.83. The zero-order chi connectivity index (χ0) is 27.8. The zero-order valence-corrected chi connectivity index (χ0v) is 21.9. The van der Waals surface area contributed by atoms with Crippen molar-refractivity contribution in [3.8, 4) is 0 Å². The molecule has 0 bridgehead atoms. The largest absolute Gasteiger partial charge is 0.463 e. The maximum atomic E-state index is 13.9. The van der Waals surface area contributed by atoms with Crippen LogP contribution in [-0.4, -0.2) is 51.6 Å². The van der Waals surface area contributed by atoms with Crippen molar-refractivity contribution in [3.05, 3.63) is 45.6 Å². The topological polar surface area (TPSA) is 112 Å². The summed E-state index contributed by atoms with van der Waals surface area (Å²) < 4.78 is 84.3. The van der Waals surface area contributed by atoms with Crippen LogP contribution >= 0.6 is 15.9 Å². The number of amides is 2. The molecule has 2 amide bonds. The molecule has 1 aromatic carbocycles. The molecule has 3 rings (SSSR count). The Morgan fingerprint density at radius 3 is 2.54 bits per heavy atom. The lowest BCUT2D eigenvalue weighted by Gasteiger charge is -2.27. The average Bonchev–Trinajstić information content (AvgIpc) is 2.94. The van der Waals surface area contributed by atoms with E-state index < -0.39 is 56.8 Å². The van der Waals surface area contributed by atoms with Gasteiger partial charge in [-0.15, -0.1) is 4.36 Å². The number of aromatic nitrogens is 1. The molecule has 1 atom stereocenters. The SMILES string of the molecule is Cc1c(Br)c(C(F)(F)F)nc(N2CCCC(F)(F)CC2)c1C(=O)Nc1cccc(S(C)(=O)=NC(=O)O)c1. The normalized spacial score (nSPS) is 17.5. The van der Waals surface area contributed by atoms with Crippen LogP contribution in [0.15, 0.2) is 38.0 Å². The molecule has 1 aliphatic heterocycles. The van der Waals surface area contributed by atoms with E-state index in [0.29, 0.717) is 0 Å². The van der Waals surface area contributed by atoms with Crippen LogP contribution in [0.5, 0.6) is 0 Å². The molecule has 0 saturated carbocycles. The van der Waals surface area contributed by atoms with Crippen molar-refractivity contribution >= 4 is 49.2 Å². The fraction of sp³-hybridized carbons (Fsp3) is 0.409. The predicted molar refractivity (Wildman–Crippen MR) is 130 cm³/mol. The quantitative estimate of drug-likeness (QED) is 0.399. The van der Waals surface area contributed by atoms with E-state index in [1.165, 1.54) is 36.1 Å². The molecular weight excluding hydrogens is 591 g/mol. The first-order valence-electron chi connectivity index (χ1n) is 10.8. The number of carbonyl (C=O) groups is 2. The molecule has 1 aromatic heterocycles. The lowest BCUT2D eigenvalue weighted by atomic mass is 10.1. The van der Waals surface area contributed by atoms with E-state index in [9.17, 15) is 35.8 Å². The summed E-state index contributed by atoms with van der Waals surface area (Å²) in [5.74, 6) is -4.27. The number of hydrogen-bond donors (Lipinski definition) is 2. The summed E-state index contributed by atoms with van der Waals surface area (Å²) in [5.41, 5.74) is -1.61. The van der Waals surface area contributed by atoms with Gasteiger partial charge in [-0.05, 0) is 53.0 Å². The highest BCUT2D eigenvalue weighted by molar-refractivity contribution is 9.10. The second-order valence-electron chi connectivity index (χ2n) is 8.45. The second kappa shape index (κ2) is 10.5. The van der Waals surface area contributed by atoms with Crippen molar-refractivity contribution in [2.75, 3.05) is 29.6 Å². The van der Waals surface area contributed by atoms with Crippen LogP contribution in [0.4, 0.5) is 38.3 Å². The minimum Gasteiger partial charge on any atom is -0.463 e. The lowest BCUT2D eigenvalue weighted by molar-refractivity contribution is -0.141. The van der Waals surface area contributed by atoms with Gasteiger partial charge in [0.25, 0.3) is 5.91 Å². The fourth-order valence-corrected chi connectivity index (χ4v) is 5.43. The molecule has 0 spiro atoms. The Hall–Kier alpha value is -2.81. The van der Waals surface area contributed by atoms with E-state index in [2.05, 4.69) is 30.6 Å². The number of nitrogens with zero attached hydrogens (tertiary/aromatic N) is 3. The Balaban J connectivity index is 2.09. The molecule has 2 aromatic rings. The molecule has 0 radical (unpaired) electrons. The van der Waals surface area contributed by atoms with Crippen molar-refractivity contribution in [2.45, 2.75) is 43.2 Å². The standard InChI is InChI=1S/C22H22BrF5N4O4S/c1-12-15(19(33)29-13-5-3-6-14(11-13)37(2,36)31-20(34)35)18(30-17(16(12)23)22(26,27)28)32-9-4-7-21(24,25)8-10-32/h3,5-6,11H,4,7-10H2,1-2H3,(H,29,33)(H,34,35). The van der Waals surface area contributed by atoms with Crippen LogP contribution in [0.2, 0.25) is 0 Å². The molecule has 1 unspecified atom stereocenters. The monoisotopic (exact) mass is 612 g/mol. The summed E-state index contributed by atoms with van der Waals surface area (Å²) in [4.78, 5) is 29.2. The van der Waals surface area contributed by atoms with Crippen LogP contribution in [-0.2, 0) is 15.9 Å². The number of halogens is 6. The second-order valence-corrected chi connectivity index (χ2v) is 11.5. The molecular formula is C22H22BrF5N4O4S. The van der Waals surface area contributed by atoms with Gasteiger partial charge in [-0.3, -0.25) is 4.79 Å². The Morgan fingerprint density at radius 1 is 1.24 bits per heavy atom. The van der Waals surface area contributed by atoms with E-state index in [4.69, 9.17) is 5.11 Å². The molecule has 1 aliphatic rings. The zero-order valence-electron chi connectivity index (χ0n) is 19.5. The van der Waals surface area contributed by atoms with E-state index in [1.54, 1.807) is 0 Å². The van der Waals surface area contributed by atoms with E-state index in [0.717, 1.165) is 6.26 Å². The number of alkyl halides is 5. The van der Waals surface area contributed by atoms with Gasteiger partial charge in [0.2, 0.25) is 5.92 Å². The van der Waals surface area contributed by atoms with Crippen LogP contribution in [0.1, 0.15) is 40.9 Å². The smallest absolute Gasteiger partial charge is 0.439 e. The maximum Gasteiger partial charge on any atom is 0.439 e. The molecule has 2 N–H and O–H groups in total. The summed E-state index contributed by atoms with van der Waals surface area (Å²) >= 11 is 2.87. The Morgan fingerprint density at radius 2 is 1.92 bits per heavy atom. The van der Waals surface area contributed by atoms with Crippen molar-refractivity contribution in [1.29, 1.82) is 0 Å². The van der Waals surface area contributed by atoms with Crippen LogP contribution < -0.4 is 10.2 Å². The highest BCUT2D eigenvalue weighted by Crippen LogP contribution is 2.40. The van der Waals surface area contributed by atoms with Crippen LogP contribution in [0, 0.1) is 6.92 Å². The van der Waals surface area contributed by atoms with Gasteiger partial charge in [0.05, 0.1) is 19.8 Å². The summed E-state index contributed by atoms with van der Waals surface area (Å²) in [6, 6.07) is 5.35. The van der Waals surface area contributed by atoms with Gasteiger partial charge in [0.1, 0.15) is 5.82 Å². The maximum absolute atomic E-state index is 13.9. The van der Waals surface area contributed by atoms with Gasteiger partial charge in [-0.2, -0.15) is 13.2 Å². The number of pyridine rings is 1.